The van der Waals surface area contributed by atoms with Gasteiger partial charge in [0, 0.05) is 18.8 Å². The first-order chi connectivity index (χ1) is 23.5. The van der Waals surface area contributed by atoms with Gasteiger partial charge in [0.2, 0.25) is 21.8 Å². The molecule has 1 saturated heterocycles. The molecule has 0 bridgehead atoms. The number of nitrogens with zero attached hydrogens (tertiary/aromatic N) is 2. The van der Waals surface area contributed by atoms with Crippen molar-refractivity contribution in [3.8, 4) is 5.19 Å². The zero-order chi connectivity index (χ0) is 34.4. The molecule has 4 aliphatic rings. The van der Waals surface area contributed by atoms with Gasteiger partial charge in [-0.3, -0.25) is 19.1 Å². The van der Waals surface area contributed by atoms with Crippen LogP contribution in [0.2, 0.25) is 0 Å². The highest BCUT2D eigenvalue weighted by atomic mass is 32.2. The number of carbonyl (C=O) groups is 3. The smallest absolute Gasteiger partial charge is 0.274 e. The monoisotopic (exact) mass is 703 g/mol. The van der Waals surface area contributed by atoms with Crippen molar-refractivity contribution in [2.45, 2.75) is 101 Å². The van der Waals surface area contributed by atoms with Crippen LogP contribution in [0.1, 0.15) is 82.3 Å². The zero-order valence-corrected chi connectivity index (χ0v) is 29.9. The zero-order valence-electron chi connectivity index (χ0n) is 28.2. The number of fused-ring (bicyclic) bond motifs is 3. The molecular weight excluding hydrogens is 659 g/mol. The Balaban J connectivity index is 1.18. The third-order valence-electron chi connectivity index (χ3n) is 11.1. The normalized spacial score (nSPS) is 29.3. The molecule has 2 aromatic carbocycles. The van der Waals surface area contributed by atoms with Gasteiger partial charge in [-0.2, -0.15) is 0 Å². The summed E-state index contributed by atoms with van der Waals surface area (Å²) in [5.74, 6) is -1.46. The topological polar surface area (TPSA) is 123 Å². The molecule has 260 valence electrons. The van der Waals surface area contributed by atoms with Crippen LogP contribution in [0.5, 0.6) is 5.19 Å². The standard InChI is InChI=1S/C38H45N3O6S2/c1-25-14-16-26(17-15-25)20-27-10-6-4-3-5-7-11-28-22-38(28,35(44)40-49(45,46)37(2)18-19-37)23-32(42)31-21-29(24-41(31)34(27)43)47-36-39-30-12-8-9-13-33(30)48-36/h7-9,11-17,27-29,31H,3-6,10,18-24H2,1-2H3,(H,40,44)/b11-7-/t27-,28-,29-,31+,38-/m1/s1. The molecule has 11 heteroatoms. The molecule has 3 aromatic rings. The van der Waals surface area contributed by atoms with E-state index in [-0.39, 0.29) is 42.9 Å². The van der Waals surface area contributed by atoms with Gasteiger partial charge in [0.25, 0.3) is 5.19 Å². The quantitative estimate of drug-likeness (QED) is 0.287. The number of hydrogen-bond donors (Lipinski definition) is 1. The third kappa shape index (κ3) is 7.06. The highest BCUT2D eigenvalue weighted by Gasteiger charge is 2.62. The maximum atomic E-state index is 14.6. The lowest BCUT2D eigenvalue weighted by Crippen LogP contribution is -2.47. The number of Topliss-reactive ketones (excluding diaryl/α,β-unsaturated/α-hetero) is 1. The summed E-state index contributed by atoms with van der Waals surface area (Å²) in [6, 6.07) is 15.2. The van der Waals surface area contributed by atoms with Crippen molar-refractivity contribution in [3.05, 3.63) is 71.8 Å². The molecule has 5 atom stereocenters. The van der Waals surface area contributed by atoms with E-state index in [4.69, 9.17) is 4.74 Å². The molecule has 1 aromatic heterocycles. The molecule has 2 aliphatic heterocycles. The average molecular weight is 704 g/mol. The molecule has 0 spiro atoms. The molecule has 49 heavy (non-hydrogen) atoms. The van der Waals surface area contributed by atoms with Gasteiger partial charge in [-0.1, -0.05) is 78.3 Å². The number of hydrogen-bond acceptors (Lipinski definition) is 8. The lowest BCUT2D eigenvalue weighted by atomic mass is 9.90. The summed E-state index contributed by atoms with van der Waals surface area (Å²) in [4.78, 5) is 49.1. The van der Waals surface area contributed by atoms with Crippen LogP contribution in [-0.2, 0) is 30.8 Å². The molecule has 1 N–H and O–H groups in total. The van der Waals surface area contributed by atoms with E-state index in [1.807, 2.05) is 37.3 Å². The number of sulfonamides is 1. The van der Waals surface area contributed by atoms with Crippen molar-refractivity contribution in [1.29, 1.82) is 0 Å². The van der Waals surface area contributed by atoms with Gasteiger partial charge in [-0.25, -0.2) is 13.4 Å². The fourth-order valence-corrected chi connectivity index (χ4v) is 9.69. The van der Waals surface area contributed by atoms with Crippen LogP contribution >= 0.6 is 11.3 Å². The molecule has 7 rings (SSSR count). The van der Waals surface area contributed by atoms with Gasteiger partial charge in [0.1, 0.15) is 6.10 Å². The van der Waals surface area contributed by atoms with Gasteiger partial charge in [-0.05, 0) is 82.4 Å². The van der Waals surface area contributed by atoms with Crippen LogP contribution in [0.15, 0.2) is 60.7 Å². The second-order valence-corrected chi connectivity index (χ2v) is 18.1. The predicted molar refractivity (Wildman–Crippen MR) is 190 cm³/mol. The van der Waals surface area contributed by atoms with Crippen molar-refractivity contribution >= 4 is 49.2 Å². The van der Waals surface area contributed by atoms with Crippen LogP contribution in [0.25, 0.3) is 10.2 Å². The molecule has 2 aliphatic carbocycles. The van der Waals surface area contributed by atoms with Gasteiger partial charge < -0.3 is 9.64 Å². The first kappa shape index (κ1) is 33.9. The number of amides is 2. The number of ketones is 1. The SMILES string of the molecule is Cc1ccc(C[C@H]2CCCCC/C=C\[C@@H]3C[C@@]3(C(=O)NS(=O)(=O)C3(C)CC3)CC(=O)[C@@H]3C[C@@H](Oc4nc5ccccc5s4)CN3C2=O)cc1. The Kier molecular flexibility index (Phi) is 9.19. The summed E-state index contributed by atoms with van der Waals surface area (Å²) in [5.41, 5.74) is 1.90. The number of nitrogens with one attached hydrogen (secondary N) is 1. The Labute approximate surface area is 292 Å². The number of rotatable bonds is 7. The Morgan fingerprint density at radius 3 is 2.61 bits per heavy atom. The van der Waals surface area contributed by atoms with Crippen LogP contribution in [0.4, 0.5) is 0 Å². The van der Waals surface area contributed by atoms with E-state index in [1.54, 1.807) is 11.8 Å². The summed E-state index contributed by atoms with van der Waals surface area (Å²) >= 11 is 1.43. The van der Waals surface area contributed by atoms with E-state index in [2.05, 4.69) is 40.0 Å². The van der Waals surface area contributed by atoms with Gasteiger partial charge in [0.15, 0.2) is 5.78 Å². The molecule has 2 amide bonds. The van der Waals surface area contributed by atoms with Crippen LogP contribution in [0.3, 0.4) is 0 Å². The molecule has 0 unspecified atom stereocenters. The minimum atomic E-state index is -3.88. The fraction of sp³-hybridized carbons (Fsp3) is 0.526. The number of benzene rings is 2. The van der Waals surface area contributed by atoms with E-state index in [0.29, 0.717) is 37.3 Å². The Morgan fingerprint density at radius 2 is 1.86 bits per heavy atom. The summed E-state index contributed by atoms with van der Waals surface area (Å²) in [6.07, 6.45) is 10.1. The van der Waals surface area contributed by atoms with E-state index >= 15 is 0 Å². The molecule has 0 radical (unpaired) electrons. The minimum absolute atomic E-state index is 0.0718. The maximum absolute atomic E-state index is 14.6. The number of thiazole rings is 1. The number of aromatic nitrogens is 1. The van der Waals surface area contributed by atoms with E-state index in [0.717, 1.165) is 47.0 Å². The second kappa shape index (κ2) is 13.3. The van der Waals surface area contributed by atoms with Gasteiger partial charge >= 0.3 is 0 Å². The van der Waals surface area contributed by atoms with Gasteiger partial charge in [-0.15, -0.1) is 0 Å². The van der Waals surface area contributed by atoms with Crippen molar-refractivity contribution in [3.63, 3.8) is 0 Å². The van der Waals surface area contributed by atoms with E-state index in [9.17, 15) is 22.8 Å². The van der Waals surface area contributed by atoms with Crippen LogP contribution in [0, 0.1) is 24.2 Å². The summed E-state index contributed by atoms with van der Waals surface area (Å²) in [6.45, 7) is 3.93. The van der Waals surface area contributed by atoms with Crippen LogP contribution < -0.4 is 9.46 Å². The molecule has 9 nitrogen and oxygen atoms in total. The number of ether oxygens (including phenoxy) is 1. The summed E-state index contributed by atoms with van der Waals surface area (Å²) in [5, 5.41) is 0.493. The van der Waals surface area contributed by atoms with Crippen LogP contribution in [-0.4, -0.2) is 59.3 Å². The van der Waals surface area contributed by atoms with Crippen molar-refractivity contribution in [2.24, 2.45) is 17.3 Å². The summed E-state index contributed by atoms with van der Waals surface area (Å²) < 4.78 is 35.0. The second-order valence-electron chi connectivity index (χ2n) is 14.9. The Bertz CT molecular complexity index is 1850. The fourth-order valence-electron chi connectivity index (χ4n) is 7.47. The highest BCUT2D eigenvalue weighted by Crippen LogP contribution is 2.57. The lowest BCUT2D eigenvalue weighted by Gasteiger charge is -2.29. The summed E-state index contributed by atoms with van der Waals surface area (Å²) in [7, 11) is -3.88. The first-order valence-corrected chi connectivity index (χ1v) is 19.9. The maximum Gasteiger partial charge on any atom is 0.274 e. The third-order valence-corrected chi connectivity index (χ3v) is 14.2. The first-order valence-electron chi connectivity index (χ1n) is 17.6. The Morgan fingerprint density at radius 1 is 1.08 bits per heavy atom. The van der Waals surface area contributed by atoms with Gasteiger partial charge in [0.05, 0.1) is 33.0 Å². The average Bonchev–Trinajstić information content (AvgIpc) is 3.88. The Hall–Kier alpha value is -3.57. The number of allylic oxidation sites excluding steroid dienone is 2. The van der Waals surface area contributed by atoms with E-state index in [1.165, 1.54) is 11.3 Å². The molecular formula is C38H45N3O6S2. The number of carbonyl (C=O) groups excluding carboxylic acids is 3. The van der Waals surface area contributed by atoms with Crippen molar-refractivity contribution in [2.75, 3.05) is 6.54 Å². The molecule has 3 heterocycles. The number of aryl methyl sites for hydroxylation is 1. The van der Waals surface area contributed by atoms with Crippen molar-refractivity contribution < 1.29 is 27.5 Å². The van der Waals surface area contributed by atoms with E-state index < -0.39 is 38.2 Å². The predicted octanol–water partition coefficient (Wildman–Crippen LogP) is 6.30. The molecule has 2 saturated carbocycles. The van der Waals surface area contributed by atoms with Crippen molar-refractivity contribution in [1.82, 2.24) is 14.6 Å². The lowest BCUT2D eigenvalue weighted by molar-refractivity contribution is -0.142. The highest BCUT2D eigenvalue weighted by molar-refractivity contribution is 7.91. The number of para-hydroxylation sites is 1. The minimum Gasteiger partial charge on any atom is -0.465 e. The molecule has 3 fully saturated rings. The largest absolute Gasteiger partial charge is 0.465 e.